The molecule has 2 heterocycles. The van der Waals surface area contributed by atoms with Crippen molar-refractivity contribution in [2.45, 2.75) is 31.4 Å². The van der Waals surface area contributed by atoms with Crippen molar-refractivity contribution in [3.8, 4) is 0 Å². The van der Waals surface area contributed by atoms with E-state index in [1.54, 1.807) is 6.92 Å². The number of hydrogen-bond acceptors (Lipinski definition) is 4. The molecule has 92 valence electrons. The van der Waals surface area contributed by atoms with Crippen molar-refractivity contribution < 1.29 is 14.3 Å². The van der Waals surface area contributed by atoms with Crippen LogP contribution in [0, 0.1) is 0 Å². The first kappa shape index (κ1) is 11.8. The van der Waals surface area contributed by atoms with Gasteiger partial charge in [0.15, 0.2) is 5.60 Å². The number of nitrogens with zero attached hydrogens (tertiary/aromatic N) is 1. The van der Waals surface area contributed by atoms with Gasteiger partial charge in [0.2, 0.25) is 0 Å². The topological polar surface area (TPSA) is 64.8 Å². The number of hydrogen-bond donors (Lipinski definition) is 1. The predicted octanol–water partition coefficient (Wildman–Crippen LogP) is -0.258. The molecule has 0 spiro atoms. The molecular formula is C11H20N2O3. The van der Waals surface area contributed by atoms with Gasteiger partial charge in [0, 0.05) is 32.3 Å². The minimum Gasteiger partial charge on any atom is -0.381 e. The van der Waals surface area contributed by atoms with Crippen LogP contribution in [0.2, 0.25) is 0 Å². The zero-order valence-corrected chi connectivity index (χ0v) is 9.78. The highest BCUT2D eigenvalue weighted by Crippen LogP contribution is 2.23. The number of carbonyl (C=O) groups is 1. The van der Waals surface area contributed by atoms with Crippen LogP contribution in [0.3, 0.4) is 0 Å². The third-order valence-corrected chi connectivity index (χ3v) is 3.53. The first-order valence-corrected chi connectivity index (χ1v) is 5.87. The summed E-state index contributed by atoms with van der Waals surface area (Å²) >= 11 is 0. The lowest BCUT2D eigenvalue weighted by atomic mass is 9.99. The Hall–Kier alpha value is -0.650. The normalized spacial score (nSPS) is 33.8. The molecule has 2 aliphatic heterocycles. The number of nitrogens with two attached hydrogens (primary N) is 1. The van der Waals surface area contributed by atoms with E-state index in [-0.39, 0.29) is 5.91 Å². The quantitative estimate of drug-likeness (QED) is 0.707. The largest absolute Gasteiger partial charge is 0.381 e. The number of morpholine rings is 1. The Morgan fingerprint density at radius 1 is 1.38 bits per heavy atom. The standard InChI is InChI=1S/C11H20N2O3/c1-11(10(12)14)8-13(4-7-16-11)9-2-5-15-6-3-9/h9H,2-8H2,1H3,(H2,12,14)/t11-/m0/s1. The molecule has 2 saturated heterocycles. The van der Waals surface area contributed by atoms with Crippen molar-refractivity contribution in [1.82, 2.24) is 4.90 Å². The molecule has 0 radical (unpaired) electrons. The molecule has 0 aromatic carbocycles. The lowest BCUT2D eigenvalue weighted by Crippen LogP contribution is -2.59. The summed E-state index contributed by atoms with van der Waals surface area (Å²) in [5.41, 5.74) is 4.56. The Balaban J connectivity index is 1.98. The van der Waals surface area contributed by atoms with E-state index in [9.17, 15) is 4.79 Å². The molecule has 0 unspecified atom stereocenters. The summed E-state index contributed by atoms with van der Waals surface area (Å²) < 4.78 is 10.8. The highest BCUT2D eigenvalue weighted by atomic mass is 16.5. The van der Waals surface area contributed by atoms with Crippen molar-refractivity contribution in [1.29, 1.82) is 0 Å². The maximum Gasteiger partial charge on any atom is 0.250 e. The third kappa shape index (κ3) is 2.36. The second-order valence-electron chi connectivity index (χ2n) is 4.76. The van der Waals surface area contributed by atoms with E-state index < -0.39 is 5.60 Å². The van der Waals surface area contributed by atoms with Crippen LogP contribution in [0.5, 0.6) is 0 Å². The Bertz CT molecular complexity index is 266. The van der Waals surface area contributed by atoms with Gasteiger partial charge in [0.05, 0.1) is 6.61 Å². The monoisotopic (exact) mass is 228 g/mol. The van der Waals surface area contributed by atoms with Crippen molar-refractivity contribution in [3.05, 3.63) is 0 Å². The molecule has 16 heavy (non-hydrogen) atoms. The van der Waals surface area contributed by atoms with Gasteiger partial charge < -0.3 is 15.2 Å². The Morgan fingerprint density at radius 3 is 2.69 bits per heavy atom. The SMILES string of the molecule is C[C@@]1(C(N)=O)CN(C2CCOCC2)CCO1. The van der Waals surface area contributed by atoms with Crippen LogP contribution in [-0.4, -0.2) is 55.4 Å². The molecule has 5 heteroatoms. The lowest BCUT2D eigenvalue weighted by Gasteiger charge is -2.43. The van der Waals surface area contributed by atoms with Crippen molar-refractivity contribution >= 4 is 5.91 Å². The fourth-order valence-corrected chi connectivity index (χ4v) is 2.41. The minimum atomic E-state index is -0.823. The van der Waals surface area contributed by atoms with Crippen LogP contribution < -0.4 is 5.73 Å². The second-order valence-corrected chi connectivity index (χ2v) is 4.76. The van der Waals surface area contributed by atoms with Crippen LogP contribution in [0.25, 0.3) is 0 Å². The van der Waals surface area contributed by atoms with Crippen LogP contribution in [-0.2, 0) is 14.3 Å². The molecule has 2 fully saturated rings. The van der Waals surface area contributed by atoms with E-state index in [4.69, 9.17) is 15.2 Å². The number of carbonyl (C=O) groups excluding carboxylic acids is 1. The zero-order chi connectivity index (χ0) is 11.6. The van der Waals surface area contributed by atoms with E-state index in [2.05, 4.69) is 4.90 Å². The number of amides is 1. The molecule has 2 aliphatic rings. The first-order chi connectivity index (χ1) is 7.62. The molecule has 2 rings (SSSR count). The summed E-state index contributed by atoms with van der Waals surface area (Å²) in [6.07, 6.45) is 2.07. The molecule has 0 aromatic heterocycles. The third-order valence-electron chi connectivity index (χ3n) is 3.53. The average molecular weight is 228 g/mol. The first-order valence-electron chi connectivity index (χ1n) is 5.87. The van der Waals surface area contributed by atoms with Crippen LogP contribution >= 0.6 is 0 Å². The van der Waals surface area contributed by atoms with Gasteiger partial charge in [-0.05, 0) is 19.8 Å². The lowest BCUT2D eigenvalue weighted by molar-refractivity contribution is -0.157. The van der Waals surface area contributed by atoms with Gasteiger partial charge >= 0.3 is 0 Å². The highest BCUT2D eigenvalue weighted by molar-refractivity contribution is 5.83. The van der Waals surface area contributed by atoms with Gasteiger partial charge in [-0.1, -0.05) is 0 Å². The van der Waals surface area contributed by atoms with E-state index in [1.807, 2.05) is 0 Å². The van der Waals surface area contributed by atoms with Crippen molar-refractivity contribution in [2.75, 3.05) is 32.9 Å². The van der Waals surface area contributed by atoms with Crippen molar-refractivity contribution in [3.63, 3.8) is 0 Å². The molecular weight excluding hydrogens is 208 g/mol. The van der Waals surface area contributed by atoms with Gasteiger partial charge in [-0.25, -0.2) is 0 Å². The fraction of sp³-hybridized carbons (Fsp3) is 0.909. The van der Waals surface area contributed by atoms with Crippen LogP contribution in [0.15, 0.2) is 0 Å². The summed E-state index contributed by atoms with van der Waals surface area (Å²) in [4.78, 5) is 13.7. The average Bonchev–Trinajstić information content (AvgIpc) is 2.30. The molecule has 0 aliphatic carbocycles. The highest BCUT2D eigenvalue weighted by Gasteiger charge is 2.39. The predicted molar refractivity (Wildman–Crippen MR) is 59.0 cm³/mol. The van der Waals surface area contributed by atoms with Gasteiger partial charge in [-0.3, -0.25) is 9.69 Å². The van der Waals surface area contributed by atoms with E-state index in [0.29, 0.717) is 19.2 Å². The van der Waals surface area contributed by atoms with Gasteiger partial charge in [-0.2, -0.15) is 0 Å². The fourth-order valence-electron chi connectivity index (χ4n) is 2.41. The van der Waals surface area contributed by atoms with Gasteiger partial charge in [0.1, 0.15) is 0 Å². The molecule has 0 bridgehead atoms. The van der Waals surface area contributed by atoms with E-state index >= 15 is 0 Å². The Labute approximate surface area is 95.9 Å². The number of primary amides is 1. The molecule has 1 amide bonds. The van der Waals surface area contributed by atoms with Crippen LogP contribution in [0.1, 0.15) is 19.8 Å². The van der Waals surface area contributed by atoms with E-state index in [0.717, 1.165) is 32.6 Å². The molecule has 0 aromatic rings. The second kappa shape index (κ2) is 4.69. The summed E-state index contributed by atoms with van der Waals surface area (Å²) in [6.45, 7) is 5.47. The summed E-state index contributed by atoms with van der Waals surface area (Å²) in [6, 6.07) is 0.510. The Morgan fingerprint density at radius 2 is 2.06 bits per heavy atom. The van der Waals surface area contributed by atoms with E-state index in [1.165, 1.54) is 0 Å². The smallest absolute Gasteiger partial charge is 0.250 e. The zero-order valence-electron chi connectivity index (χ0n) is 9.78. The summed E-state index contributed by atoms with van der Waals surface area (Å²) in [5, 5.41) is 0. The Kier molecular flexibility index (Phi) is 3.47. The minimum absolute atomic E-state index is 0.371. The maximum atomic E-state index is 11.4. The van der Waals surface area contributed by atoms with Gasteiger partial charge in [0.25, 0.3) is 5.91 Å². The maximum absolute atomic E-state index is 11.4. The molecule has 5 nitrogen and oxygen atoms in total. The van der Waals surface area contributed by atoms with Gasteiger partial charge in [-0.15, -0.1) is 0 Å². The molecule has 1 atom stereocenters. The van der Waals surface area contributed by atoms with Crippen molar-refractivity contribution in [2.24, 2.45) is 5.73 Å². The molecule has 2 N–H and O–H groups in total. The number of ether oxygens (including phenoxy) is 2. The summed E-state index contributed by atoms with van der Waals surface area (Å²) in [5.74, 6) is -0.371. The summed E-state index contributed by atoms with van der Waals surface area (Å²) in [7, 11) is 0. The number of rotatable bonds is 2. The van der Waals surface area contributed by atoms with Crippen LogP contribution in [0.4, 0.5) is 0 Å². The molecule has 0 saturated carbocycles.